The summed E-state index contributed by atoms with van der Waals surface area (Å²) in [7, 11) is 1.81. The van der Waals surface area contributed by atoms with Crippen LogP contribution in [0.3, 0.4) is 0 Å². The molecule has 0 radical (unpaired) electrons. The SMILES string of the molecule is CC(CCN)C(=O)N(C)c1ccc2c(c1)CCO2. The monoisotopic (exact) mass is 248 g/mol. The van der Waals surface area contributed by atoms with Gasteiger partial charge in [0.05, 0.1) is 6.61 Å². The minimum absolute atomic E-state index is 0.0375. The third-order valence-electron chi connectivity index (χ3n) is 3.41. The van der Waals surface area contributed by atoms with Gasteiger partial charge in [-0.05, 0) is 36.7 Å². The molecule has 0 bridgehead atoms. The second-order valence-electron chi connectivity index (χ2n) is 4.77. The van der Waals surface area contributed by atoms with Crippen LogP contribution in [0.2, 0.25) is 0 Å². The second kappa shape index (κ2) is 5.40. The van der Waals surface area contributed by atoms with Gasteiger partial charge in [-0.1, -0.05) is 6.92 Å². The van der Waals surface area contributed by atoms with Gasteiger partial charge in [-0.2, -0.15) is 0 Å². The van der Waals surface area contributed by atoms with Gasteiger partial charge in [0, 0.05) is 25.1 Å². The predicted molar refractivity (Wildman–Crippen MR) is 71.9 cm³/mol. The molecule has 2 N–H and O–H groups in total. The first-order valence-corrected chi connectivity index (χ1v) is 6.37. The zero-order chi connectivity index (χ0) is 13.1. The Morgan fingerprint density at radius 2 is 2.33 bits per heavy atom. The maximum atomic E-state index is 12.2. The first-order chi connectivity index (χ1) is 8.63. The van der Waals surface area contributed by atoms with Gasteiger partial charge < -0.3 is 15.4 Å². The normalized spacial score (nSPS) is 14.8. The van der Waals surface area contributed by atoms with Crippen LogP contribution < -0.4 is 15.4 Å². The Morgan fingerprint density at radius 1 is 1.56 bits per heavy atom. The molecule has 0 aromatic heterocycles. The fourth-order valence-corrected chi connectivity index (χ4v) is 2.21. The number of anilines is 1. The van der Waals surface area contributed by atoms with Crippen molar-refractivity contribution in [3.05, 3.63) is 23.8 Å². The lowest BCUT2D eigenvalue weighted by atomic mass is 10.1. The van der Waals surface area contributed by atoms with E-state index in [-0.39, 0.29) is 11.8 Å². The number of carbonyl (C=O) groups is 1. The van der Waals surface area contributed by atoms with Crippen molar-refractivity contribution in [1.82, 2.24) is 0 Å². The number of hydrogen-bond acceptors (Lipinski definition) is 3. The Balaban J connectivity index is 2.13. The van der Waals surface area contributed by atoms with Gasteiger partial charge in [-0.3, -0.25) is 4.79 Å². The van der Waals surface area contributed by atoms with E-state index in [4.69, 9.17) is 10.5 Å². The third-order valence-corrected chi connectivity index (χ3v) is 3.41. The van der Waals surface area contributed by atoms with Gasteiger partial charge >= 0.3 is 0 Å². The summed E-state index contributed by atoms with van der Waals surface area (Å²) < 4.78 is 5.46. The summed E-state index contributed by atoms with van der Waals surface area (Å²) >= 11 is 0. The summed E-state index contributed by atoms with van der Waals surface area (Å²) in [4.78, 5) is 13.9. The van der Waals surface area contributed by atoms with E-state index < -0.39 is 0 Å². The van der Waals surface area contributed by atoms with Gasteiger partial charge in [0.1, 0.15) is 5.75 Å². The number of benzene rings is 1. The predicted octanol–water partition coefficient (Wildman–Crippen LogP) is 1.57. The van der Waals surface area contributed by atoms with Crippen molar-refractivity contribution in [2.24, 2.45) is 11.7 Å². The Morgan fingerprint density at radius 3 is 3.06 bits per heavy atom. The first-order valence-electron chi connectivity index (χ1n) is 6.37. The second-order valence-corrected chi connectivity index (χ2v) is 4.77. The summed E-state index contributed by atoms with van der Waals surface area (Å²) in [6.45, 7) is 3.20. The van der Waals surface area contributed by atoms with E-state index in [0.29, 0.717) is 6.54 Å². The van der Waals surface area contributed by atoms with Crippen molar-refractivity contribution in [3.63, 3.8) is 0 Å². The van der Waals surface area contributed by atoms with Crippen LogP contribution >= 0.6 is 0 Å². The van der Waals surface area contributed by atoms with E-state index in [1.165, 1.54) is 5.56 Å². The maximum absolute atomic E-state index is 12.2. The number of nitrogens with zero attached hydrogens (tertiary/aromatic N) is 1. The van der Waals surface area contributed by atoms with Crippen molar-refractivity contribution in [1.29, 1.82) is 0 Å². The number of nitrogens with two attached hydrogens (primary N) is 1. The average Bonchev–Trinajstić information content (AvgIpc) is 2.84. The molecule has 2 rings (SSSR count). The van der Waals surface area contributed by atoms with Crippen LogP contribution in [-0.2, 0) is 11.2 Å². The number of carbonyl (C=O) groups excluding carboxylic acids is 1. The number of fused-ring (bicyclic) bond motifs is 1. The van der Waals surface area contributed by atoms with E-state index in [1.807, 2.05) is 32.2 Å². The van der Waals surface area contributed by atoms with Crippen LogP contribution in [0.15, 0.2) is 18.2 Å². The minimum Gasteiger partial charge on any atom is -0.493 e. The van der Waals surface area contributed by atoms with Gasteiger partial charge in [-0.15, -0.1) is 0 Å². The number of ether oxygens (including phenoxy) is 1. The smallest absolute Gasteiger partial charge is 0.229 e. The molecular weight excluding hydrogens is 228 g/mol. The molecule has 0 aliphatic carbocycles. The lowest BCUT2D eigenvalue weighted by molar-refractivity contribution is -0.121. The topological polar surface area (TPSA) is 55.6 Å². The molecular formula is C14H20N2O2. The summed E-state index contributed by atoms with van der Waals surface area (Å²) in [5.41, 5.74) is 7.60. The van der Waals surface area contributed by atoms with Gasteiger partial charge in [0.15, 0.2) is 0 Å². The molecule has 1 aromatic rings. The molecule has 18 heavy (non-hydrogen) atoms. The highest BCUT2D eigenvalue weighted by Crippen LogP contribution is 2.29. The fourth-order valence-electron chi connectivity index (χ4n) is 2.21. The summed E-state index contributed by atoms with van der Waals surface area (Å²) in [6.07, 6.45) is 1.64. The molecule has 1 aliphatic rings. The zero-order valence-electron chi connectivity index (χ0n) is 11.0. The molecule has 1 heterocycles. The van der Waals surface area contributed by atoms with E-state index >= 15 is 0 Å². The van der Waals surface area contributed by atoms with Crippen LogP contribution in [-0.4, -0.2) is 26.1 Å². The highest BCUT2D eigenvalue weighted by Gasteiger charge is 2.20. The Bertz CT molecular complexity index is 445. The van der Waals surface area contributed by atoms with E-state index in [0.717, 1.165) is 30.9 Å². The Kier molecular flexibility index (Phi) is 3.87. The van der Waals surface area contributed by atoms with Crippen LogP contribution in [0.1, 0.15) is 18.9 Å². The lowest BCUT2D eigenvalue weighted by Gasteiger charge is -2.21. The molecule has 0 spiro atoms. The van der Waals surface area contributed by atoms with Gasteiger partial charge in [0.25, 0.3) is 0 Å². The zero-order valence-corrected chi connectivity index (χ0v) is 11.0. The molecule has 0 fully saturated rings. The minimum atomic E-state index is -0.0375. The van der Waals surface area contributed by atoms with Gasteiger partial charge in [0.2, 0.25) is 5.91 Å². The Labute approximate surface area is 108 Å². The number of rotatable bonds is 4. The first kappa shape index (κ1) is 12.9. The molecule has 1 unspecified atom stereocenters. The van der Waals surface area contributed by atoms with Crippen molar-refractivity contribution >= 4 is 11.6 Å². The molecule has 4 heteroatoms. The highest BCUT2D eigenvalue weighted by molar-refractivity contribution is 5.94. The lowest BCUT2D eigenvalue weighted by Crippen LogP contribution is -2.32. The number of amides is 1. The fraction of sp³-hybridized carbons (Fsp3) is 0.500. The number of hydrogen-bond donors (Lipinski definition) is 1. The van der Waals surface area contributed by atoms with Crippen molar-refractivity contribution < 1.29 is 9.53 Å². The van der Waals surface area contributed by atoms with E-state index in [9.17, 15) is 4.79 Å². The third kappa shape index (κ3) is 2.48. The van der Waals surface area contributed by atoms with Crippen molar-refractivity contribution in [3.8, 4) is 5.75 Å². The molecule has 1 amide bonds. The largest absolute Gasteiger partial charge is 0.493 e. The molecule has 1 atom stereocenters. The van der Waals surface area contributed by atoms with Gasteiger partial charge in [-0.25, -0.2) is 0 Å². The molecule has 98 valence electrons. The van der Waals surface area contributed by atoms with E-state index in [2.05, 4.69) is 0 Å². The maximum Gasteiger partial charge on any atom is 0.229 e. The summed E-state index contributed by atoms with van der Waals surface area (Å²) in [6, 6.07) is 5.90. The van der Waals surface area contributed by atoms with Crippen molar-refractivity contribution in [2.75, 3.05) is 25.1 Å². The van der Waals surface area contributed by atoms with Crippen molar-refractivity contribution in [2.45, 2.75) is 19.8 Å². The molecule has 1 aliphatic heterocycles. The van der Waals surface area contributed by atoms with E-state index in [1.54, 1.807) is 4.90 Å². The molecule has 4 nitrogen and oxygen atoms in total. The van der Waals surface area contributed by atoms with Crippen LogP contribution in [0.5, 0.6) is 5.75 Å². The average molecular weight is 248 g/mol. The summed E-state index contributed by atoms with van der Waals surface area (Å²) in [5.74, 6) is 1.01. The van der Waals surface area contributed by atoms with Crippen LogP contribution in [0.4, 0.5) is 5.69 Å². The molecule has 1 aromatic carbocycles. The molecule has 0 saturated carbocycles. The quantitative estimate of drug-likeness (QED) is 0.880. The highest BCUT2D eigenvalue weighted by atomic mass is 16.5. The standard InChI is InChI=1S/C14H20N2O2/c1-10(5-7-15)14(17)16(2)12-3-4-13-11(9-12)6-8-18-13/h3-4,9-10H,5-8,15H2,1-2H3. The van der Waals surface area contributed by atoms with Crippen LogP contribution in [0, 0.1) is 5.92 Å². The van der Waals surface area contributed by atoms with Crippen LogP contribution in [0.25, 0.3) is 0 Å². The summed E-state index contributed by atoms with van der Waals surface area (Å²) in [5, 5.41) is 0. The molecule has 0 saturated heterocycles. The Hall–Kier alpha value is -1.55.